The van der Waals surface area contributed by atoms with E-state index >= 15 is 0 Å². The van der Waals surface area contributed by atoms with Crippen molar-refractivity contribution >= 4 is 36.9 Å². The Morgan fingerprint density at radius 3 is 2.14 bits per heavy atom. The molecule has 0 aliphatic rings. The molecule has 4 nitrogen and oxygen atoms in total. The van der Waals surface area contributed by atoms with Gasteiger partial charge in [0, 0.05) is 23.6 Å². The number of carbonyl (C=O) groups is 2. The van der Waals surface area contributed by atoms with Gasteiger partial charge in [0.15, 0.2) is 5.78 Å². The molecule has 0 N–H and O–H groups in total. The standard InChI is InChI=1S/C31H45NO3Si/c1-11-12-17-29(33)25(18-19-36(22(2)3,23(4)5)24(6)7)20-26-21-32(30(34)35-31(8,9)10)28-16-14-13-15-27(26)28/h13-16,20-24H,11-12,17H2,1-10H3/b25-20+. The molecular formula is C31H45NO3Si. The Bertz CT molecular complexity index is 1140. The molecule has 0 saturated heterocycles. The summed E-state index contributed by atoms with van der Waals surface area (Å²) in [5.41, 5.74) is 6.64. The number of hydrogen-bond donors (Lipinski definition) is 0. The van der Waals surface area contributed by atoms with Crippen LogP contribution in [0, 0.1) is 11.5 Å². The van der Waals surface area contributed by atoms with Crippen LogP contribution in [0.4, 0.5) is 4.79 Å². The van der Waals surface area contributed by atoms with Gasteiger partial charge < -0.3 is 4.74 Å². The minimum Gasteiger partial charge on any atom is -0.443 e. The molecule has 0 aliphatic carbocycles. The van der Waals surface area contributed by atoms with Crippen LogP contribution in [0.1, 0.15) is 94.1 Å². The fourth-order valence-electron chi connectivity index (χ4n) is 5.21. The summed E-state index contributed by atoms with van der Waals surface area (Å²) in [5.74, 6) is 3.47. The van der Waals surface area contributed by atoms with Gasteiger partial charge in [0.1, 0.15) is 13.7 Å². The van der Waals surface area contributed by atoms with E-state index in [9.17, 15) is 9.59 Å². The molecule has 0 bridgehead atoms. The minimum absolute atomic E-state index is 0.0672. The molecule has 1 heterocycles. The summed E-state index contributed by atoms with van der Waals surface area (Å²) in [4.78, 5) is 26.3. The summed E-state index contributed by atoms with van der Waals surface area (Å²) >= 11 is 0. The average Bonchev–Trinajstić information content (AvgIpc) is 3.14. The maximum Gasteiger partial charge on any atom is 0.419 e. The number of ether oxygens (including phenoxy) is 1. The molecule has 0 atom stereocenters. The van der Waals surface area contributed by atoms with Gasteiger partial charge in [0.25, 0.3) is 0 Å². The molecule has 0 aliphatic heterocycles. The monoisotopic (exact) mass is 507 g/mol. The smallest absolute Gasteiger partial charge is 0.419 e. The number of hydrogen-bond acceptors (Lipinski definition) is 3. The van der Waals surface area contributed by atoms with Crippen molar-refractivity contribution in [1.29, 1.82) is 0 Å². The Kier molecular flexibility index (Phi) is 9.97. The van der Waals surface area contributed by atoms with Gasteiger partial charge in [-0.25, -0.2) is 4.79 Å². The minimum atomic E-state index is -2.01. The van der Waals surface area contributed by atoms with Gasteiger partial charge >= 0.3 is 6.09 Å². The molecule has 0 amide bonds. The number of allylic oxidation sites excluding steroid dienone is 1. The molecule has 2 aromatic rings. The van der Waals surface area contributed by atoms with E-state index in [4.69, 9.17) is 4.74 Å². The van der Waals surface area contributed by atoms with Crippen molar-refractivity contribution in [3.63, 3.8) is 0 Å². The second kappa shape index (κ2) is 12.1. The number of Topliss-reactive ketones (excluding diaryl/α,β-unsaturated/α-hetero) is 1. The van der Waals surface area contributed by atoms with Crippen LogP contribution >= 0.6 is 0 Å². The molecule has 196 valence electrons. The molecule has 0 spiro atoms. The zero-order chi connectivity index (χ0) is 27.3. The van der Waals surface area contributed by atoms with Gasteiger partial charge in [-0.2, -0.15) is 0 Å². The Morgan fingerprint density at radius 2 is 1.61 bits per heavy atom. The number of benzene rings is 1. The summed E-state index contributed by atoms with van der Waals surface area (Å²) in [6.45, 7) is 21.3. The van der Waals surface area contributed by atoms with Crippen LogP contribution < -0.4 is 0 Å². The van der Waals surface area contributed by atoms with Crippen molar-refractivity contribution in [2.75, 3.05) is 0 Å². The number of aromatic nitrogens is 1. The van der Waals surface area contributed by atoms with Crippen molar-refractivity contribution in [2.24, 2.45) is 0 Å². The summed E-state index contributed by atoms with van der Waals surface area (Å²) in [5, 5.41) is 0.894. The second-order valence-corrected chi connectivity index (χ2v) is 17.3. The predicted molar refractivity (Wildman–Crippen MR) is 155 cm³/mol. The highest BCUT2D eigenvalue weighted by molar-refractivity contribution is 6.90. The Hall–Kier alpha value is -2.58. The lowest BCUT2D eigenvalue weighted by atomic mass is 10.0. The van der Waals surface area contributed by atoms with Crippen LogP contribution in [0.15, 0.2) is 36.0 Å². The average molecular weight is 508 g/mol. The van der Waals surface area contributed by atoms with E-state index in [0.717, 1.165) is 29.3 Å². The van der Waals surface area contributed by atoms with Crippen molar-refractivity contribution < 1.29 is 14.3 Å². The highest BCUT2D eigenvalue weighted by Crippen LogP contribution is 2.41. The maximum atomic E-state index is 13.3. The van der Waals surface area contributed by atoms with Crippen molar-refractivity contribution in [1.82, 2.24) is 4.57 Å². The third kappa shape index (κ3) is 6.79. The fourth-order valence-corrected chi connectivity index (χ4v) is 10.4. The van der Waals surface area contributed by atoms with Crippen molar-refractivity contribution in [2.45, 2.75) is 111 Å². The van der Waals surface area contributed by atoms with Gasteiger partial charge in [0.2, 0.25) is 0 Å². The summed E-state index contributed by atoms with van der Waals surface area (Å²) in [7, 11) is -2.01. The number of unbranched alkanes of at least 4 members (excludes halogenated alkanes) is 1. The number of carbonyl (C=O) groups excluding carboxylic acids is 2. The van der Waals surface area contributed by atoms with Crippen molar-refractivity contribution in [3.8, 4) is 11.5 Å². The largest absolute Gasteiger partial charge is 0.443 e. The van der Waals surface area contributed by atoms with Crippen LogP contribution in [-0.2, 0) is 9.53 Å². The zero-order valence-electron chi connectivity index (χ0n) is 24.0. The van der Waals surface area contributed by atoms with E-state index < -0.39 is 19.8 Å². The SMILES string of the molecule is CCCCC(=O)/C(C#C[Si](C(C)C)(C(C)C)C(C)C)=C/c1cn(C(=O)OC(C)(C)C)c2ccccc12. The van der Waals surface area contributed by atoms with E-state index in [0.29, 0.717) is 28.6 Å². The molecule has 2 rings (SSSR count). The van der Waals surface area contributed by atoms with E-state index in [1.165, 1.54) is 4.57 Å². The van der Waals surface area contributed by atoms with Gasteiger partial charge in [-0.1, -0.05) is 79.0 Å². The number of ketones is 1. The Morgan fingerprint density at radius 1 is 1.03 bits per heavy atom. The number of rotatable bonds is 8. The van der Waals surface area contributed by atoms with E-state index in [-0.39, 0.29) is 5.78 Å². The molecule has 0 fully saturated rings. The molecule has 1 aromatic heterocycles. The maximum absolute atomic E-state index is 13.3. The Labute approximate surface area is 219 Å². The predicted octanol–water partition coefficient (Wildman–Crippen LogP) is 8.79. The molecule has 0 radical (unpaired) electrons. The van der Waals surface area contributed by atoms with E-state index in [1.807, 2.05) is 51.1 Å². The van der Waals surface area contributed by atoms with Crippen molar-refractivity contribution in [3.05, 3.63) is 41.6 Å². The quantitative estimate of drug-likeness (QED) is 0.204. The van der Waals surface area contributed by atoms with Crippen LogP contribution in [0.3, 0.4) is 0 Å². The number of para-hydroxylation sites is 1. The van der Waals surface area contributed by atoms with Crippen LogP contribution in [0.25, 0.3) is 17.0 Å². The van der Waals surface area contributed by atoms with Gasteiger partial charge in [0.05, 0.1) is 11.1 Å². The highest BCUT2D eigenvalue weighted by atomic mass is 28.3. The fraction of sp³-hybridized carbons (Fsp3) is 0.548. The topological polar surface area (TPSA) is 48.3 Å². The molecule has 5 heteroatoms. The molecular weight excluding hydrogens is 462 g/mol. The van der Waals surface area contributed by atoms with Gasteiger partial charge in [-0.05, 0) is 56.0 Å². The van der Waals surface area contributed by atoms with Crippen LogP contribution in [-0.4, -0.2) is 30.1 Å². The van der Waals surface area contributed by atoms with Gasteiger partial charge in [-0.15, -0.1) is 5.54 Å². The molecule has 0 saturated carbocycles. The number of nitrogens with zero attached hydrogens (tertiary/aromatic N) is 1. The van der Waals surface area contributed by atoms with Gasteiger partial charge in [-0.3, -0.25) is 9.36 Å². The first-order valence-corrected chi connectivity index (χ1v) is 15.6. The third-order valence-corrected chi connectivity index (χ3v) is 13.3. The van der Waals surface area contributed by atoms with E-state index in [1.54, 1.807) is 6.20 Å². The van der Waals surface area contributed by atoms with Crippen LogP contribution in [0.2, 0.25) is 16.6 Å². The summed E-state index contributed by atoms with van der Waals surface area (Å²) in [6.07, 6.45) is 5.47. The lowest BCUT2D eigenvalue weighted by Gasteiger charge is -2.38. The first kappa shape index (κ1) is 29.6. The molecule has 36 heavy (non-hydrogen) atoms. The molecule has 0 unspecified atom stereocenters. The highest BCUT2D eigenvalue weighted by Gasteiger charge is 2.41. The lowest BCUT2D eigenvalue weighted by Crippen LogP contribution is -2.43. The van der Waals surface area contributed by atoms with E-state index in [2.05, 4.69) is 59.9 Å². The first-order chi connectivity index (χ1) is 16.7. The summed E-state index contributed by atoms with van der Waals surface area (Å²) < 4.78 is 7.17. The molecule has 1 aromatic carbocycles. The summed E-state index contributed by atoms with van der Waals surface area (Å²) in [6, 6.07) is 7.71. The normalized spacial score (nSPS) is 12.9. The third-order valence-electron chi connectivity index (χ3n) is 6.97. The first-order valence-electron chi connectivity index (χ1n) is 13.4. The lowest BCUT2D eigenvalue weighted by molar-refractivity contribution is -0.115. The van der Waals surface area contributed by atoms with Crippen LogP contribution in [0.5, 0.6) is 0 Å². The zero-order valence-corrected chi connectivity index (χ0v) is 25.0. The Balaban J connectivity index is 2.73. The second-order valence-electron chi connectivity index (χ2n) is 11.7. The number of fused-ring (bicyclic) bond motifs is 1.